The van der Waals surface area contributed by atoms with Crippen molar-refractivity contribution in [2.75, 3.05) is 27.2 Å². The van der Waals surface area contributed by atoms with Crippen LogP contribution in [0.15, 0.2) is 18.3 Å². The summed E-state index contributed by atoms with van der Waals surface area (Å²) in [6, 6.07) is 3.49. The zero-order valence-corrected chi connectivity index (χ0v) is 12.2. The zero-order chi connectivity index (χ0) is 14.5. The topological polar surface area (TPSA) is 68.5 Å². The van der Waals surface area contributed by atoms with Gasteiger partial charge in [-0.3, -0.25) is 9.78 Å². The van der Waals surface area contributed by atoms with Crippen molar-refractivity contribution >= 4 is 5.91 Å². The Morgan fingerprint density at radius 2 is 2.20 bits per heavy atom. The smallest absolute Gasteiger partial charge is 0.272 e. The van der Waals surface area contributed by atoms with Crippen LogP contribution in [0.4, 0.5) is 0 Å². The highest BCUT2D eigenvalue weighted by molar-refractivity contribution is 5.92. The number of carbonyl (C=O) groups is 1. The van der Waals surface area contributed by atoms with E-state index >= 15 is 0 Å². The minimum absolute atomic E-state index is 0.115. The number of hydrogen-bond acceptors (Lipinski definition) is 4. The molecule has 0 aromatic carbocycles. The van der Waals surface area contributed by atoms with E-state index in [1.165, 1.54) is 24.2 Å². The first-order valence-electron chi connectivity index (χ1n) is 7.12. The predicted molar refractivity (Wildman–Crippen MR) is 77.6 cm³/mol. The van der Waals surface area contributed by atoms with Gasteiger partial charge in [-0.2, -0.15) is 0 Å². The summed E-state index contributed by atoms with van der Waals surface area (Å²) in [5.74, 6) is 1.69. The second-order valence-electron chi connectivity index (χ2n) is 5.57. The summed E-state index contributed by atoms with van der Waals surface area (Å²) in [7, 11) is 3.42. The molecule has 110 valence electrons. The Hall–Kier alpha value is -1.62. The molecule has 1 aromatic heterocycles. The first kappa shape index (κ1) is 14.8. The van der Waals surface area contributed by atoms with Crippen LogP contribution in [0, 0.1) is 11.8 Å². The van der Waals surface area contributed by atoms with Crippen molar-refractivity contribution in [1.82, 2.24) is 9.88 Å². The van der Waals surface area contributed by atoms with Crippen molar-refractivity contribution < 1.29 is 9.53 Å². The lowest BCUT2D eigenvalue weighted by Gasteiger charge is -2.18. The molecule has 5 nitrogen and oxygen atoms in total. The highest BCUT2D eigenvalue weighted by Crippen LogP contribution is 2.31. The molecule has 1 heterocycles. The molecule has 2 unspecified atom stereocenters. The van der Waals surface area contributed by atoms with Crippen molar-refractivity contribution in [3.63, 3.8) is 0 Å². The second-order valence-corrected chi connectivity index (χ2v) is 5.57. The van der Waals surface area contributed by atoms with Crippen LogP contribution in [0.3, 0.4) is 0 Å². The van der Waals surface area contributed by atoms with E-state index in [0.717, 1.165) is 6.54 Å². The molecule has 1 aliphatic carbocycles. The van der Waals surface area contributed by atoms with Gasteiger partial charge in [0.1, 0.15) is 11.4 Å². The molecule has 1 fully saturated rings. The molecule has 2 N–H and O–H groups in total. The molecular formula is C15H23N3O2. The Labute approximate surface area is 120 Å². The monoisotopic (exact) mass is 277 g/mol. The van der Waals surface area contributed by atoms with E-state index in [-0.39, 0.29) is 5.91 Å². The van der Waals surface area contributed by atoms with E-state index in [9.17, 15) is 4.79 Å². The van der Waals surface area contributed by atoms with Crippen LogP contribution in [0.1, 0.15) is 29.8 Å². The number of carbonyl (C=O) groups excluding carboxylic acids is 1. The maximum absolute atomic E-state index is 11.8. The van der Waals surface area contributed by atoms with Crippen molar-refractivity contribution in [2.45, 2.75) is 19.3 Å². The molecule has 0 saturated heterocycles. The van der Waals surface area contributed by atoms with Crippen LogP contribution in [-0.4, -0.2) is 43.0 Å². The highest BCUT2D eigenvalue weighted by Gasteiger charge is 2.26. The van der Waals surface area contributed by atoms with E-state index in [2.05, 4.69) is 4.98 Å². The third-order valence-electron chi connectivity index (χ3n) is 3.94. The number of aromatic nitrogens is 1. The summed E-state index contributed by atoms with van der Waals surface area (Å²) in [4.78, 5) is 17.4. The number of rotatable bonds is 5. The molecular weight excluding hydrogens is 254 g/mol. The molecule has 2 atom stereocenters. The van der Waals surface area contributed by atoms with E-state index in [4.69, 9.17) is 10.5 Å². The van der Waals surface area contributed by atoms with E-state index in [1.807, 2.05) is 0 Å². The second kappa shape index (κ2) is 6.70. The van der Waals surface area contributed by atoms with Crippen LogP contribution in [0.5, 0.6) is 5.75 Å². The fourth-order valence-electron chi connectivity index (χ4n) is 2.69. The van der Waals surface area contributed by atoms with Gasteiger partial charge in [-0.05, 0) is 37.3 Å². The molecule has 1 amide bonds. The van der Waals surface area contributed by atoms with Crippen molar-refractivity contribution in [3.05, 3.63) is 24.0 Å². The third-order valence-corrected chi connectivity index (χ3v) is 3.94. The quantitative estimate of drug-likeness (QED) is 0.886. The van der Waals surface area contributed by atoms with Crippen LogP contribution in [0.2, 0.25) is 0 Å². The minimum atomic E-state index is -0.115. The zero-order valence-electron chi connectivity index (χ0n) is 12.2. The molecule has 0 radical (unpaired) electrons. The first-order valence-corrected chi connectivity index (χ1v) is 7.12. The summed E-state index contributed by atoms with van der Waals surface area (Å²) >= 11 is 0. The molecule has 0 spiro atoms. The first-order chi connectivity index (χ1) is 9.61. The minimum Gasteiger partial charge on any atom is -0.493 e. The highest BCUT2D eigenvalue weighted by atomic mass is 16.5. The number of hydrogen-bond donors (Lipinski definition) is 1. The van der Waals surface area contributed by atoms with Crippen LogP contribution < -0.4 is 10.5 Å². The van der Waals surface area contributed by atoms with Gasteiger partial charge in [0.15, 0.2) is 0 Å². The van der Waals surface area contributed by atoms with Crippen LogP contribution in [-0.2, 0) is 0 Å². The Morgan fingerprint density at radius 3 is 2.90 bits per heavy atom. The molecule has 0 bridgehead atoms. The Bertz CT molecular complexity index is 462. The van der Waals surface area contributed by atoms with Crippen molar-refractivity contribution in [2.24, 2.45) is 17.6 Å². The number of amides is 1. The van der Waals surface area contributed by atoms with Crippen LogP contribution >= 0.6 is 0 Å². The maximum Gasteiger partial charge on any atom is 0.272 e. The maximum atomic E-state index is 11.8. The lowest BCUT2D eigenvalue weighted by molar-refractivity contribution is 0.0821. The Kier molecular flexibility index (Phi) is 4.95. The van der Waals surface area contributed by atoms with Gasteiger partial charge in [0.2, 0.25) is 0 Å². The third kappa shape index (κ3) is 3.48. The molecule has 1 aromatic rings. The van der Waals surface area contributed by atoms with Crippen molar-refractivity contribution in [3.8, 4) is 5.75 Å². The number of nitrogens with zero attached hydrogens (tertiary/aromatic N) is 2. The number of pyridine rings is 1. The normalized spacial score (nSPS) is 21.8. The van der Waals surface area contributed by atoms with Gasteiger partial charge in [0, 0.05) is 26.4 Å². The summed E-state index contributed by atoms with van der Waals surface area (Å²) in [5, 5.41) is 0. The summed E-state index contributed by atoms with van der Waals surface area (Å²) in [6.45, 7) is 1.40. The Balaban J connectivity index is 1.96. The van der Waals surface area contributed by atoms with E-state index < -0.39 is 0 Å². The molecule has 2 rings (SSSR count). The summed E-state index contributed by atoms with van der Waals surface area (Å²) < 4.78 is 5.83. The fraction of sp³-hybridized carbons (Fsp3) is 0.600. The standard InChI is InChI=1S/C15H23N3O2/c1-18(2)15(19)14-8-13(6-7-17-14)20-10-12-5-3-4-11(12)9-16/h6-8,11-12H,3-5,9-10,16H2,1-2H3. The van der Waals surface area contributed by atoms with Crippen LogP contribution in [0.25, 0.3) is 0 Å². The fourth-order valence-corrected chi connectivity index (χ4v) is 2.69. The predicted octanol–water partition coefficient (Wildman–Crippen LogP) is 1.54. The molecule has 0 aliphatic heterocycles. The average Bonchev–Trinajstić information content (AvgIpc) is 2.92. The largest absolute Gasteiger partial charge is 0.493 e. The van der Waals surface area contributed by atoms with Gasteiger partial charge in [-0.1, -0.05) is 6.42 Å². The average molecular weight is 277 g/mol. The van der Waals surface area contributed by atoms with Gasteiger partial charge < -0.3 is 15.4 Å². The van der Waals surface area contributed by atoms with Gasteiger partial charge in [-0.15, -0.1) is 0 Å². The van der Waals surface area contributed by atoms with Gasteiger partial charge >= 0.3 is 0 Å². The Morgan fingerprint density at radius 1 is 1.45 bits per heavy atom. The van der Waals surface area contributed by atoms with Gasteiger partial charge in [0.25, 0.3) is 5.91 Å². The van der Waals surface area contributed by atoms with E-state index in [0.29, 0.717) is 29.9 Å². The molecule has 5 heteroatoms. The van der Waals surface area contributed by atoms with Gasteiger partial charge in [0.05, 0.1) is 6.61 Å². The summed E-state index contributed by atoms with van der Waals surface area (Å²) in [6.07, 6.45) is 5.22. The number of nitrogens with two attached hydrogens (primary N) is 1. The summed E-state index contributed by atoms with van der Waals surface area (Å²) in [5.41, 5.74) is 6.19. The van der Waals surface area contributed by atoms with Crippen molar-refractivity contribution in [1.29, 1.82) is 0 Å². The van der Waals surface area contributed by atoms with Gasteiger partial charge in [-0.25, -0.2) is 0 Å². The lowest BCUT2D eigenvalue weighted by atomic mass is 9.97. The van der Waals surface area contributed by atoms with E-state index in [1.54, 1.807) is 32.4 Å². The molecule has 1 saturated carbocycles. The molecule has 1 aliphatic rings. The SMILES string of the molecule is CN(C)C(=O)c1cc(OCC2CCCC2CN)ccn1. The molecule has 20 heavy (non-hydrogen) atoms. The lowest BCUT2D eigenvalue weighted by Crippen LogP contribution is -2.24. The number of ether oxygens (including phenoxy) is 1.